The summed E-state index contributed by atoms with van der Waals surface area (Å²) < 4.78 is 5.51. The molecule has 0 heterocycles. The quantitative estimate of drug-likeness (QED) is 0.428. The Balaban J connectivity index is 2.95. The zero-order valence-corrected chi connectivity index (χ0v) is 13.3. The summed E-state index contributed by atoms with van der Waals surface area (Å²) in [6.45, 7) is 6.09. The standard InChI is InChI=1S/C17H36O2/c1-3-4-5-6-7-8-9-10-11-12-13-14-19-16-17(2)15-18/h17-18H,3-16H2,1-2H3. The zero-order valence-electron chi connectivity index (χ0n) is 13.3. The lowest BCUT2D eigenvalue weighted by molar-refractivity contribution is 0.0775. The van der Waals surface area contributed by atoms with Gasteiger partial charge in [-0.05, 0) is 6.42 Å². The molecule has 0 fully saturated rings. The minimum absolute atomic E-state index is 0.234. The lowest BCUT2D eigenvalue weighted by Gasteiger charge is -2.08. The Hall–Kier alpha value is -0.0800. The van der Waals surface area contributed by atoms with Crippen LogP contribution in [0.5, 0.6) is 0 Å². The number of aliphatic hydroxyl groups is 1. The van der Waals surface area contributed by atoms with Gasteiger partial charge >= 0.3 is 0 Å². The van der Waals surface area contributed by atoms with Crippen molar-refractivity contribution in [1.29, 1.82) is 0 Å². The van der Waals surface area contributed by atoms with Gasteiger partial charge < -0.3 is 9.84 Å². The molecule has 0 aromatic heterocycles. The van der Waals surface area contributed by atoms with Crippen LogP contribution in [0.1, 0.15) is 84.5 Å². The lowest BCUT2D eigenvalue weighted by atomic mass is 10.1. The highest BCUT2D eigenvalue weighted by Crippen LogP contribution is 2.11. The summed E-state index contributed by atoms with van der Waals surface area (Å²) in [5, 5.41) is 8.85. The van der Waals surface area contributed by atoms with E-state index in [1.807, 2.05) is 6.92 Å². The fourth-order valence-electron chi connectivity index (χ4n) is 2.21. The van der Waals surface area contributed by atoms with Crippen LogP contribution in [0.25, 0.3) is 0 Å². The average molecular weight is 272 g/mol. The molecule has 19 heavy (non-hydrogen) atoms. The molecule has 0 spiro atoms. The Morgan fingerprint density at radius 2 is 1.26 bits per heavy atom. The second-order valence-corrected chi connectivity index (χ2v) is 5.90. The average Bonchev–Trinajstić information content (AvgIpc) is 2.43. The molecule has 1 unspecified atom stereocenters. The number of hydrogen-bond donors (Lipinski definition) is 1. The van der Waals surface area contributed by atoms with Crippen molar-refractivity contribution in [3.63, 3.8) is 0 Å². The van der Waals surface area contributed by atoms with E-state index in [0.717, 1.165) is 6.61 Å². The first-order chi connectivity index (χ1) is 9.31. The number of aliphatic hydroxyl groups excluding tert-OH is 1. The van der Waals surface area contributed by atoms with Gasteiger partial charge in [0.1, 0.15) is 0 Å². The molecule has 1 atom stereocenters. The van der Waals surface area contributed by atoms with E-state index in [1.54, 1.807) is 0 Å². The van der Waals surface area contributed by atoms with E-state index in [1.165, 1.54) is 70.6 Å². The van der Waals surface area contributed by atoms with Crippen molar-refractivity contribution < 1.29 is 9.84 Å². The zero-order chi connectivity index (χ0) is 14.2. The monoisotopic (exact) mass is 272 g/mol. The third-order valence-electron chi connectivity index (χ3n) is 3.61. The molecule has 1 N–H and O–H groups in total. The molecule has 0 aromatic carbocycles. The van der Waals surface area contributed by atoms with E-state index >= 15 is 0 Å². The van der Waals surface area contributed by atoms with E-state index in [9.17, 15) is 0 Å². The van der Waals surface area contributed by atoms with Gasteiger partial charge in [0.05, 0.1) is 6.61 Å². The Labute approximate surface area is 120 Å². The number of hydrogen-bond acceptors (Lipinski definition) is 2. The summed E-state index contributed by atoms with van der Waals surface area (Å²) in [6.07, 6.45) is 15.1. The van der Waals surface area contributed by atoms with E-state index in [0.29, 0.717) is 6.61 Å². The normalized spacial score (nSPS) is 12.8. The highest BCUT2D eigenvalue weighted by molar-refractivity contribution is 4.49. The molecule has 0 aromatic rings. The first kappa shape index (κ1) is 18.9. The van der Waals surface area contributed by atoms with Crippen LogP contribution in [0.4, 0.5) is 0 Å². The minimum Gasteiger partial charge on any atom is -0.396 e. The third-order valence-corrected chi connectivity index (χ3v) is 3.61. The second kappa shape index (κ2) is 16.0. The molecule has 0 amide bonds. The molecule has 0 rings (SSSR count). The van der Waals surface area contributed by atoms with Crippen molar-refractivity contribution in [1.82, 2.24) is 0 Å². The van der Waals surface area contributed by atoms with E-state index in [2.05, 4.69) is 6.92 Å². The van der Waals surface area contributed by atoms with Gasteiger partial charge in [0.25, 0.3) is 0 Å². The maximum absolute atomic E-state index is 8.85. The Morgan fingerprint density at radius 3 is 1.74 bits per heavy atom. The summed E-state index contributed by atoms with van der Waals surface area (Å²) in [6, 6.07) is 0. The predicted octanol–water partition coefficient (Wildman–Crippen LogP) is 4.94. The molecule has 2 nitrogen and oxygen atoms in total. The summed E-state index contributed by atoms with van der Waals surface area (Å²) in [5.74, 6) is 0.285. The molecule has 0 saturated heterocycles. The molecule has 0 aliphatic heterocycles. The molecule has 0 aliphatic carbocycles. The largest absolute Gasteiger partial charge is 0.396 e. The van der Waals surface area contributed by atoms with Gasteiger partial charge in [-0.25, -0.2) is 0 Å². The third kappa shape index (κ3) is 15.9. The van der Waals surface area contributed by atoms with Gasteiger partial charge in [-0.3, -0.25) is 0 Å². The summed E-state index contributed by atoms with van der Waals surface area (Å²) in [4.78, 5) is 0. The predicted molar refractivity (Wildman–Crippen MR) is 83.5 cm³/mol. The van der Waals surface area contributed by atoms with Crippen molar-refractivity contribution in [2.24, 2.45) is 5.92 Å². The lowest BCUT2D eigenvalue weighted by Crippen LogP contribution is -2.10. The van der Waals surface area contributed by atoms with Crippen molar-refractivity contribution in [3.8, 4) is 0 Å². The van der Waals surface area contributed by atoms with Crippen LogP contribution in [0.15, 0.2) is 0 Å². The van der Waals surface area contributed by atoms with Crippen LogP contribution >= 0.6 is 0 Å². The van der Waals surface area contributed by atoms with Gasteiger partial charge in [-0.1, -0.05) is 78.1 Å². The summed E-state index contributed by atoms with van der Waals surface area (Å²) in [7, 11) is 0. The van der Waals surface area contributed by atoms with Crippen LogP contribution in [0, 0.1) is 5.92 Å². The molecule has 2 heteroatoms. The fourth-order valence-corrected chi connectivity index (χ4v) is 2.21. The highest BCUT2D eigenvalue weighted by atomic mass is 16.5. The summed E-state index contributed by atoms with van der Waals surface area (Å²) >= 11 is 0. The second-order valence-electron chi connectivity index (χ2n) is 5.90. The SMILES string of the molecule is CCCCCCCCCCCCCOCC(C)CO. The van der Waals surface area contributed by atoms with Crippen molar-refractivity contribution >= 4 is 0 Å². The van der Waals surface area contributed by atoms with E-state index < -0.39 is 0 Å². The first-order valence-electron chi connectivity index (χ1n) is 8.49. The van der Waals surface area contributed by atoms with Crippen LogP contribution in [-0.4, -0.2) is 24.9 Å². The topological polar surface area (TPSA) is 29.5 Å². The van der Waals surface area contributed by atoms with E-state index in [-0.39, 0.29) is 12.5 Å². The Morgan fingerprint density at radius 1 is 0.789 bits per heavy atom. The van der Waals surface area contributed by atoms with Crippen molar-refractivity contribution in [2.45, 2.75) is 84.5 Å². The molecule has 0 radical (unpaired) electrons. The number of unbranched alkanes of at least 4 members (excludes halogenated alkanes) is 10. The van der Waals surface area contributed by atoms with Crippen LogP contribution in [0.2, 0.25) is 0 Å². The maximum Gasteiger partial charge on any atom is 0.0513 e. The first-order valence-corrected chi connectivity index (χ1v) is 8.49. The molecule has 116 valence electrons. The maximum atomic E-state index is 8.85. The molecular weight excluding hydrogens is 236 g/mol. The fraction of sp³-hybridized carbons (Fsp3) is 1.00. The molecule has 0 bridgehead atoms. The Kier molecular flexibility index (Phi) is 15.9. The van der Waals surface area contributed by atoms with Crippen LogP contribution < -0.4 is 0 Å². The van der Waals surface area contributed by atoms with E-state index in [4.69, 9.17) is 9.84 Å². The van der Waals surface area contributed by atoms with Crippen LogP contribution in [-0.2, 0) is 4.74 Å². The van der Waals surface area contributed by atoms with Gasteiger partial charge in [-0.2, -0.15) is 0 Å². The summed E-state index contributed by atoms with van der Waals surface area (Å²) in [5.41, 5.74) is 0. The van der Waals surface area contributed by atoms with Crippen LogP contribution in [0.3, 0.4) is 0 Å². The smallest absolute Gasteiger partial charge is 0.0513 e. The van der Waals surface area contributed by atoms with Gasteiger partial charge in [0.2, 0.25) is 0 Å². The molecule has 0 saturated carbocycles. The molecular formula is C17H36O2. The number of ether oxygens (including phenoxy) is 1. The minimum atomic E-state index is 0.234. The van der Waals surface area contributed by atoms with Gasteiger partial charge in [-0.15, -0.1) is 0 Å². The highest BCUT2D eigenvalue weighted by Gasteiger charge is 1.99. The molecule has 0 aliphatic rings. The van der Waals surface area contributed by atoms with Gasteiger partial charge in [0, 0.05) is 19.1 Å². The number of rotatable bonds is 15. The van der Waals surface area contributed by atoms with Crippen molar-refractivity contribution in [3.05, 3.63) is 0 Å². The van der Waals surface area contributed by atoms with Gasteiger partial charge in [0.15, 0.2) is 0 Å². The van der Waals surface area contributed by atoms with Crippen molar-refractivity contribution in [2.75, 3.05) is 19.8 Å². The Bertz CT molecular complexity index is 159.